The molecule has 0 spiro atoms. The van der Waals surface area contributed by atoms with E-state index in [1.54, 1.807) is 14.0 Å². The smallest absolute Gasteiger partial charge is 0.211 e. The van der Waals surface area contributed by atoms with Crippen LogP contribution in [0, 0.1) is 0 Å². The van der Waals surface area contributed by atoms with Crippen molar-refractivity contribution >= 4 is 16.0 Å². The predicted molar refractivity (Wildman–Crippen MR) is 113 cm³/mol. The van der Waals surface area contributed by atoms with E-state index in [9.17, 15) is 8.42 Å². The summed E-state index contributed by atoms with van der Waals surface area (Å²) in [5, 5.41) is 6.53. The number of nitrogens with one attached hydrogen (secondary N) is 3. The molecule has 0 amide bonds. The summed E-state index contributed by atoms with van der Waals surface area (Å²) in [7, 11) is -1.50. The van der Waals surface area contributed by atoms with Crippen LogP contribution in [0.15, 0.2) is 29.3 Å². The quantitative estimate of drug-likeness (QED) is 0.242. The Labute approximate surface area is 169 Å². The molecule has 160 valence electrons. The fourth-order valence-corrected chi connectivity index (χ4v) is 2.89. The number of rotatable bonds is 14. The third kappa shape index (κ3) is 11.1. The Morgan fingerprint density at radius 1 is 1.04 bits per heavy atom. The van der Waals surface area contributed by atoms with Crippen molar-refractivity contribution in [3.05, 3.63) is 29.8 Å². The van der Waals surface area contributed by atoms with Crippen LogP contribution in [0.4, 0.5) is 0 Å². The van der Waals surface area contributed by atoms with Gasteiger partial charge in [0.25, 0.3) is 0 Å². The second kappa shape index (κ2) is 14.2. The Kier molecular flexibility index (Phi) is 12.3. The molecule has 8 nitrogen and oxygen atoms in total. The minimum atomic E-state index is -3.14. The molecule has 1 aromatic rings. The van der Waals surface area contributed by atoms with Crippen molar-refractivity contribution < 1.29 is 17.9 Å². The van der Waals surface area contributed by atoms with E-state index in [2.05, 4.69) is 20.3 Å². The molecule has 3 N–H and O–H groups in total. The third-order valence-electron chi connectivity index (χ3n) is 3.89. The molecular formula is C19H34N4O4S. The highest BCUT2D eigenvalue weighted by Gasteiger charge is 2.05. The van der Waals surface area contributed by atoms with E-state index < -0.39 is 10.0 Å². The molecule has 0 radical (unpaired) electrons. The standard InChI is InChI=1S/C19H34N4O4S/c1-4-27-15-7-13-21-19(20-12-6-14-23-28(24,25)5-2)22-16-17-8-10-18(26-3)11-9-17/h8-11,23H,4-7,12-16H2,1-3H3,(H2,20,21,22). The minimum Gasteiger partial charge on any atom is -0.497 e. The largest absolute Gasteiger partial charge is 0.497 e. The SMILES string of the molecule is CCOCCCNC(=NCc1ccc(OC)cc1)NCCCNS(=O)(=O)CC. The highest BCUT2D eigenvalue weighted by atomic mass is 32.2. The molecule has 0 heterocycles. The lowest BCUT2D eigenvalue weighted by molar-refractivity contribution is 0.145. The average Bonchev–Trinajstić information content (AvgIpc) is 2.71. The zero-order chi connectivity index (χ0) is 20.7. The zero-order valence-corrected chi connectivity index (χ0v) is 18.0. The summed E-state index contributed by atoms with van der Waals surface area (Å²) < 4.78 is 36.0. The molecule has 1 rings (SSSR count). The molecule has 0 aromatic heterocycles. The first-order chi connectivity index (χ1) is 13.5. The zero-order valence-electron chi connectivity index (χ0n) is 17.2. The van der Waals surface area contributed by atoms with Crippen molar-refractivity contribution in [2.45, 2.75) is 33.2 Å². The molecular weight excluding hydrogens is 380 g/mol. The fraction of sp³-hybridized carbons (Fsp3) is 0.632. The van der Waals surface area contributed by atoms with Gasteiger partial charge in [-0.1, -0.05) is 12.1 Å². The van der Waals surface area contributed by atoms with Gasteiger partial charge in [0.05, 0.1) is 19.4 Å². The Balaban J connectivity index is 2.49. The number of nitrogens with zero attached hydrogens (tertiary/aromatic N) is 1. The number of ether oxygens (including phenoxy) is 2. The van der Waals surface area contributed by atoms with Gasteiger partial charge < -0.3 is 20.1 Å². The summed E-state index contributed by atoms with van der Waals surface area (Å²) in [4.78, 5) is 4.60. The van der Waals surface area contributed by atoms with Gasteiger partial charge in [-0.2, -0.15) is 0 Å². The summed E-state index contributed by atoms with van der Waals surface area (Å²) in [5.41, 5.74) is 1.08. The van der Waals surface area contributed by atoms with Crippen LogP contribution >= 0.6 is 0 Å². The highest BCUT2D eigenvalue weighted by molar-refractivity contribution is 7.89. The van der Waals surface area contributed by atoms with E-state index in [0.717, 1.165) is 24.3 Å². The number of sulfonamides is 1. The molecule has 9 heteroatoms. The van der Waals surface area contributed by atoms with Crippen LogP contribution in [-0.4, -0.2) is 60.1 Å². The molecule has 1 aromatic carbocycles. The van der Waals surface area contributed by atoms with Gasteiger partial charge in [-0.05, 0) is 44.4 Å². The molecule has 0 fully saturated rings. The van der Waals surface area contributed by atoms with Gasteiger partial charge in [0.15, 0.2) is 5.96 Å². The van der Waals surface area contributed by atoms with Gasteiger partial charge >= 0.3 is 0 Å². The van der Waals surface area contributed by atoms with Gasteiger partial charge in [0, 0.05) is 32.8 Å². The van der Waals surface area contributed by atoms with Crippen molar-refractivity contribution in [1.82, 2.24) is 15.4 Å². The first-order valence-electron chi connectivity index (χ1n) is 9.71. The number of methoxy groups -OCH3 is 1. The van der Waals surface area contributed by atoms with E-state index in [1.807, 2.05) is 31.2 Å². The van der Waals surface area contributed by atoms with Crippen LogP contribution in [0.5, 0.6) is 5.75 Å². The molecule has 0 aliphatic rings. The van der Waals surface area contributed by atoms with E-state index in [0.29, 0.717) is 45.2 Å². The first-order valence-corrected chi connectivity index (χ1v) is 11.4. The predicted octanol–water partition coefficient (Wildman–Crippen LogP) is 1.49. The molecule has 0 aliphatic carbocycles. The number of hydrogen-bond acceptors (Lipinski definition) is 5. The van der Waals surface area contributed by atoms with Crippen molar-refractivity contribution in [2.24, 2.45) is 4.99 Å². The van der Waals surface area contributed by atoms with Gasteiger partial charge in [0.2, 0.25) is 10.0 Å². The minimum absolute atomic E-state index is 0.0936. The average molecular weight is 415 g/mol. The summed E-state index contributed by atoms with van der Waals surface area (Å²) in [6, 6.07) is 7.78. The van der Waals surface area contributed by atoms with E-state index in [1.165, 1.54) is 0 Å². The maximum absolute atomic E-state index is 11.4. The van der Waals surface area contributed by atoms with E-state index in [-0.39, 0.29) is 5.75 Å². The number of guanidine groups is 1. The molecule has 0 aliphatic heterocycles. The Hall–Kier alpha value is -1.84. The maximum Gasteiger partial charge on any atom is 0.211 e. The summed E-state index contributed by atoms with van der Waals surface area (Å²) in [6.07, 6.45) is 1.55. The Morgan fingerprint density at radius 2 is 1.71 bits per heavy atom. The first kappa shape index (κ1) is 24.2. The van der Waals surface area contributed by atoms with Crippen LogP contribution < -0.4 is 20.1 Å². The number of hydrogen-bond donors (Lipinski definition) is 3. The van der Waals surface area contributed by atoms with Crippen LogP contribution in [0.3, 0.4) is 0 Å². The fourth-order valence-electron chi connectivity index (χ4n) is 2.23. The summed E-state index contributed by atoms with van der Waals surface area (Å²) >= 11 is 0. The number of aliphatic imine (C=N–C) groups is 1. The van der Waals surface area contributed by atoms with Gasteiger partial charge in [0.1, 0.15) is 5.75 Å². The highest BCUT2D eigenvalue weighted by Crippen LogP contribution is 2.11. The van der Waals surface area contributed by atoms with Crippen LogP contribution in [0.25, 0.3) is 0 Å². The van der Waals surface area contributed by atoms with E-state index >= 15 is 0 Å². The lowest BCUT2D eigenvalue weighted by Crippen LogP contribution is -2.39. The molecule has 0 saturated heterocycles. The van der Waals surface area contributed by atoms with E-state index in [4.69, 9.17) is 9.47 Å². The topological polar surface area (TPSA) is 101 Å². The van der Waals surface area contributed by atoms with Crippen molar-refractivity contribution in [2.75, 3.05) is 45.7 Å². The second-order valence-corrected chi connectivity index (χ2v) is 8.16. The maximum atomic E-state index is 11.4. The van der Waals surface area contributed by atoms with Gasteiger partial charge in [-0.15, -0.1) is 0 Å². The van der Waals surface area contributed by atoms with Crippen molar-refractivity contribution in [1.29, 1.82) is 0 Å². The monoisotopic (exact) mass is 414 g/mol. The van der Waals surface area contributed by atoms with Crippen molar-refractivity contribution in [3.63, 3.8) is 0 Å². The Bertz CT molecular complexity index is 663. The Morgan fingerprint density at radius 3 is 2.32 bits per heavy atom. The molecule has 0 atom stereocenters. The van der Waals surface area contributed by atoms with Crippen LogP contribution in [0.1, 0.15) is 32.3 Å². The van der Waals surface area contributed by atoms with Crippen LogP contribution in [-0.2, 0) is 21.3 Å². The normalized spacial score (nSPS) is 12.0. The van der Waals surface area contributed by atoms with Gasteiger partial charge in [-0.3, -0.25) is 0 Å². The third-order valence-corrected chi connectivity index (χ3v) is 5.29. The van der Waals surface area contributed by atoms with Crippen LogP contribution in [0.2, 0.25) is 0 Å². The molecule has 28 heavy (non-hydrogen) atoms. The summed E-state index contributed by atoms with van der Waals surface area (Å²) in [6.45, 7) is 7.31. The summed E-state index contributed by atoms with van der Waals surface area (Å²) in [5.74, 6) is 1.61. The molecule has 0 saturated carbocycles. The lowest BCUT2D eigenvalue weighted by atomic mass is 10.2. The second-order valence-electron chi connectivity index (χ2n) is 6.07. The lowest BCUT2D eigenvalue weighted by Gasteiger charge is -2.13. The van der Waals surface area contributed by atoms with Gasteiger partial charge in [-0.25, -0.2) is 18.1 Å². The number of benzene rings is 1. The molecule has 0 unspecified atom stereocenters. The van der Waals surface area contributed by atoms with Crippen molar-refractivity contribution in [3.8, 4) is 5.75 Å². The molecule has 0 bridgehead atoms.